The van der Waals surface area contributed by atoms with Crippen LogP contribution < -0.4 is 10.6 Å². The normalized spacial score (nSPS) is 13.2. The third-order valence-corrected chi connectivity index (χ3v) is 3.76. The van der Waals surface area contributed by atoms with E-state index in [-0.39, 0.29) is 5.82 Å². The summed E-state index contributed by atoms with van der Waals surface area (Å²) in [6.45, 7) is 4.98. The molecule has 0 saturated carbocycles. The fraction of sp³-hybridized carbons (Fsp3) is 0.500. The highest BCUT2D eigenvalue weighted by atomic mass is 32.2. The molecule has 1 aromatic rings. The summed E-state index contributed by atoms with van der Waals surface area (Å²) >= 11 is 1.50. The fourth-order valence-electron chi connectivity index (χ4n) is 1.42. The van der Waals surface area contributed by atoms with Crippen molar-refractivity contribution in [3.63, 3.8) is 0 Å². The number of halogens is 1. The monoisotopic (exact) mass is 283 g/mol. The van der Waals surface area contributed by atoms with Gasteiger partial charge >= 0.3 is 0 Å². The minimum absolute atomic E-state index is 0.158. The van der Waals surface area contributed by atoms with Gasteiger partial charge in [-0.15, -0.1) is 11.8 Å². The standard InChI is InChI=1S/C14H22FN3S/c1-4-11(2)18-14(16-3)17-9-10-19-13-8-6-5-7-12(13)15/h5-8,11H,4,9-10H2,1-3H3,(H2,16,17,18). The van der Waals surface area contributed by atoms with Crippen LogP contribution in [0.1, 0.15) is 20.3 Å². The van der Waals surface area contributed by atoms with E-state index in [1.54, 1.807) is 19.2 Å². The Morgan fingerprint density at radius 3 is 2.79 bits per heavy atom. The predicted octanol–water partition coefficient (Wildman–Crippen LogP) is 2.88. The summed E-state index contributed by atoms with van der Waals surface area (Å²) in [4.78, 5) is 4.84. The summed E-state index contributed by atoms with van der Waals surface area (Å²) in [6.07, 6.45) is 1.05. The lowest BCUT2D eigenvalue weighted by Gasteiger charge is -2.16. The Kier molecular flexibility index (Phi) is 7.33. The molecule has 1 atom stereocenters. The highest BCUT2D eigenvalue weighted by Crippen LogP contribution is 2.20. The Labute approximate surface area is 119 Å². The zero-order valence-corrected chi connectivity index (χ0v) is 12.6. The molecule has 2 N–H and O–H groups in total. The number of nitrogens with zero attached hydrogens (tertiary/aromatic N) is 1. The van der Waals surface area contributed by atoms with Gasteiger partial charge in [0.1, 0.15) is 5.82 Å². The molecule has 1 aromatic carbocycles. The van der Waals surface area contributed by atoms with Crippen molar-refractivity contribution >= 4 is 17.7 Å². The van der Waals surface area contributed by atoms with Crippen molar-refractivity contribution in [1.82, 2.24) is 10.6 Å². The van der Waals surface area contributed by atoms with Gasteiger partial charge in [0, 0.05) is 30.3 Å². The molecule has 0 fully saturated rings. The van der Waals surface area contributed by atoms with E-state index in [1.165, 1.54) is 17.8 Å². The van der Waals surface area contributed by atoms with Gasteiger partial charge in [-0.25, -0.2) is 4.39 Å². The Morgan fingerprint density at radius 2 is 2.16 bits per heavy atom. The van der Waals surface area contributed by atoms with E-state index in [0.29, 0.717) is 10.9 Å². The topological polar surface area (TPSA) is 36.4 Å². The van der Waals surface area contributed by atoms with Gasteiger partial charge in [0.25, 0.3) is 0 Å². The van der Waals surface area contributed by atoms with Crippen molar-refractivity contribution in [1.29, 1.82) is 0 Å². The molecule has 0 amide bonds. The number of benzene rings is 1. The maximum Gasteiger partial charge on any atom is 0.191 e. The molecule has 0 saturated heterocycles. The van der Waals surface area contributed by atoms with Gasteiger partial charge < -0.3 is 10.6 Å². The number of guanidine groups is 1. The zero-order chi connectivity index (χ0) is 14.1. The van der Waals surface area contributed by atoms with Crippen LogP contribution >= 0.6 is 11.8 Å². The summed E-state index contributed by atoms with van der Waals surface area (Å²) in [6, 6.07) is 7.23. The van der Waals surface area contributed by atoms with Crippen LogP contribution in [0, 0.1) is 5.82 Å². The van der Waals surface area contributed by atoms with Gasteiger partial charge in [-0.3, -0.25) is 4.99 Å². The van der Waals surface area contributed by atoms with E-state index < -0.39 is 0 Å². The fourth-order valence-corrected chi connectivity index (χ4v) is 2.23. The second kappa shape index (κ2) is 8.80. The second-order valence-electron chi connectivity index (χ2n) is 4.23. The van der Waals surface area contributed by atoms with Gasteiger partial charge in [0.15, 0.2) is 5.96 Å². The molecule has 19 heavy (non-hydrogen) atoms. The second-order valence-corrected chi connectivity index (χ2v) is 5.37. The first-order valence-corrected chi connectivity index (χ1v) is 7.50. The van der Waals surface area contributed by atoms with Gasteiger partial charge in [0.05, 0.1) is 0 Å². The van der Waals surface area contributed by atoms with Crippen LogP contribution in [0.5, 0.6) is 0 Å². The molecule has 0 radical (unpaired) electrons. The first-order chi connectivity index (χ1) is 9.17. The molecular weight excluding hydrogens is 261 g/mol. The molecule has 0 bridgehead atoms. The molecule has 1 unspecified atom stereocenters. The molecular formula is C14H22FN3S. The maximum absolute atomic E-state index is 13.4. The van der Waals surface area contributed by atoms with Crippen LogP contribution in [-0.4, -0.2) is 31.3 Å². The van der Waals surface area contributed by atoms with Gasteiger partial charge in [-0.2, -0.15) is 0 Å². The van der Waals surface area contributed by atoms with Crippen molar-refractivity contribution in [2.45, 2.75) is 31.2 Å². The van der Waals surface area contributed by atoms with Gasteiger partial charge in [0.2, 0.25) is 0 Å². The van der Waals surface area contributed by atoms with Crippen LogP contribution in [0.15, 0.2) is 34.2 Å². The van der Waals surface area contributed by atoms with Crippen molar-refractivity contribution in [2.75, 3.05) is 19.3 Å². The van der Waals surface area contributed by atoms with E-state index in [9.17, 15) is 4.39 Å². The van der Waals surface area contributed by atoms with Crippen LogP contribution in [0.25, 0.3) is 0 Å². The number of hydrogen-bond donors (Lipinski definition) is 2. The average molecular weight is 283 g/mol. The summed E-state index contributed by atoms with van der Waals surface area (Å²) in [7, 11) is 1.75. The number of rotatable bonds is 6. The van der Waals surface area contributed by atoms with Crippen molar-refractivity contribution < 1.29 is 4.39 Å². The minimum atomic E-state index is -0.158. The first kappa shape index (κ1) is 15.8. The van der Waals surface area contributed by atoms with Crippen LogP contribution in [0.4, 0.5) is 4.39 Å². The van der Waals surface area contributed by atoms with Crippen molar-refractivity contribution in [3.05, 3.63) is 30.1 Å². The van der Waals surface area contributed by atoms with Crippen LogP contribution in [0.3, 0.4) is 0 Å². The molecule has 0 spiro atoms. The quantitative estimate of drug-likeness (QED) is 0.365. The Morgan fingerprint density at radius 1 is 1.42 bits per heavy atom. The Hall–Kier alpha value is -1.23. The molecule has 0 aliphatic rings. The van der Waals surface area contributed by atoms with Crippen LogP contribution in [-0.2, 0) is 0 Å². The van der Waals surface area contributed by atoms with E-state index in [1.807, 2.05) is 6.07 Å². The van der Waals surface area contributed by atoms with E-state index in [4.69, 9.17) is 0 Å². The number of aliphatic imine (C=N–C) groups is 1. The third-order valence-electron chi connectivity index (χ3n) is 2.71. The molecule has 3 nitrogen and oxygen atoms in total. The van der Waals surface area contributed by atoms with Gasteiger partial charge in [-0.1, -0.05) is 19.1 Å². The smallest absolute Gasteiger partial charge is 0.191 e. The van der Waals surface area contributed by atoms with Crippen molar-refractivity contribution in [3.8, 4) is 0 Å². The lowest BCUT2D eigenvalue weighted by atomic mass is 10.3. The largest absolute Gasteiger partial charge is 0.356 e. The van der Waals surface area contributed by atoms with E-state index >= 15 is 0 Å². The maximum atomic E-state index is 13.4. The van der Waals surface area contributed by atoms with Crippen LogP contribution in [0.2, 0.25) is 0 Å². The predicted molar refractivity (Wildman–Crippen MR) is 81.4 cm³/mol. The van der Waals surface area contributed by atoms with E-state index in [0.717, 1.165) is 24.7 Å². The van der Waals surface area contributed by atoms with E-state index in [2.05, 4.69) is 29.5 Å². The minimum Gasteiger partial charge on any atom is -0.356 e. The average Bonchev–Trinajstić information content (AvgIpc) is 2.43. The Bertz CT molecular complexity index is 409. The third kappa shape index (κ3) is 5.96. The molecule has 0 aliphatic heterocycles. The summed E-state index contributed by atoms with van der Waals surface area (Å²) in [5.74, 6) is 1.43. The van der Waals surface area contributed by atoms with Gasteiger partial charge in [-0.05, 0) is 25.5 Å². The highest BCUT2D eigenvalue weighted by Gasteiger charge is 2.03. The lowest BCUT2D eigenvalue weighted by molar-refractivity contribution is 0.602. The molecule has 5 heteroatoms. The summed E-state index contributed by atoms with van der Waals surface area (Å²) in [5.41, 5.74) is 0. The summed E-state index contributed by atoms with van der Waals surface area (Å²) < 4.78 is 13.4. The molecule has 1 rings (SSSR count). The highest BCUT2D eigenvalue weighted by molar-refractivity contribution is 7.99. The number of hydrogen-bond acceptors (Lipinski definition) is 2. The SMILES string of the molecule is CCC(C)NC(=NC)NCCSc1ccccc1F. The number of nitrogens with one attached hydrogen (secondary N) is 2. The van der Waals surface area contributed by atoms with Crippen molar-refractivity contribution in [2.24, 2.45) is 4.99 Å². The lowest BCUT2D eigenvalue weighted by Crippen LogP contribution is -2.42. The molecule has 0 aliphatic carbocycles. The Balaban J connectivity index is 2.28. The first-order valence-electron chi connectivity index (χ1n) is 6.51. The molecule has 0 aromatic heterocycles. The zero-order valence-electron chi connectivity index (χ0n) is 11.7. The molecule has 0 heterocycles. The number of thioether (sulfide) groups is 1. The molecule has 106 valence electrons. The summed E-state index contributed by atoms with van der Waals surface area (Å²) in [5, 5.41) is 6.50.